The molecule has 0 atom stereocenters. The number of halogens is 2. The lowest BCUT2D eigenvalue weighted by molar-refractivity contribution is 0.418. The molecule has 0 radical (unpaired) electrons. The van der Waals surface area contributed by atoms with E-state index in [1.54, 1.807) is 37.8 Å². The van der Waals surface area contributed by atoms with E-state index in [0.29, 0.717) is 28.5 Å². The molecule has 0 unspecified atom stereocenters. The second-order valence-electron chi connectivity index (χ2n) is 7.50. The van der Waals surface area contributed by atoms with Crippen molar-refractivity contribution in [2.24, 2.45) is 0 Å². The molecule has 1 aliphatic heterocycles. The Morgan fingerprint density at radius 1 is 1.09 bits per heavy atom. The Kier molecular flexibility index (Phi) is 5.66. The molecule has 1 aliphatic rings. The second kappa shape index (κ2) is 8.91. The van der Waals surface area contributed by atoms with Crippen LogP contribution in [-0.4, -0.2) is 53.2 Å². The molecule has 0 amide bonds. The number of aromatic nitrogens is 4. The van der Waals surface area contributed by atoms with Gasteiger partial charge in [0.15, 0.2) is 17.5 Å². The summed E-state index contributed by atoms with van der Waals surface area (Å²) in [4.78, 5) is 20.2. The highest BCUT2D eigenvalue weighted by Gasteiger charge is 2.21. The van der Waals surface area contributed by atoms with E-state index >= 15 is 0 Å². The van der Waals surface area contributed by atoms with Crippen LogP contribution in [0, 0.1) is 11.6 Å². The number of fused-ring (bicyclic) bond motifs is 1. The van der Waals surface area contributed by atoms with Crippen LogP contribution >= 0.6 is 0 Å². The fourth-order valence-electron chi connectivity index (χ4n) is 3.80. The average molecular weight is 449 g/mol. The van der Waals surface area contributed by atoms with E-state index in [2.05, 4.69) is 25.5 Å². The highest BCUT2D eigenvalue weighted by atomic mass is 19.2. The fourth-order valence-corrected chi connectivity index (χ4v) is 3.80. The summed E-state index contributed by atoms with van der Waals surface area (Å²) in [7, 11) is 1.60. The van der Waals surface area contributed by atoms with E-state index < -0.39 is 11.6 Å². The first-order valence-electron chi connectivity index (χ1n) is 10.5. The number of hydrogen-bond acceptors (Lipinski definition) is 8. The van der Waals surface area contributed by atoms with Crippen molar-refractivity contribution in [1.29, 1.82) is 0 Å². The monoisotopic (exact) mass is 449 g/mol. The predicted octanol–water partition coefficient (Wildman–Crippen LogP) is 3.53. The molecule has 1 fully saturated rings. The van der Waals surface area contributed by atoms with Crippen molar-refractivity contribution in [2.45, 2.75) is 0 Å². The Bertz CT molecular complexity index is 1310. The first kappa shape index (κ1) is 21.0. The van der Waals surface area contributed by atoms with Crippen molar-refractivity contribution in [2.75, 3.05) is 43.5 Å². The molecule has 0 spiro atoms. The number of pyridine rings is 2. The number of anilines is 3. The molecule has 1 saturated heterocycles. The van der Waals surface area contributed by atoms with Crippen molar-refractivity contribution in [3.63, 3.8) is 0 Å². The van der Waals surface area contributed by atoms with E-state index in [9.17, 15) is 8.78 Å². The number of piperazine rings is 1. The third-order valence-corrected chi connectivity index (χ3v) is 5.42. The number of hydrogen-bond donors (Lipinski definition) is 2. The van der Waals surface area contributed by atoms with Crippen LogP contribution in [0.25, 0.3) is 22.3 Å². The molecular weight excluding hydrogens is 428 g/mol. The van der Waals surface area contributed by atoms with E-state index in [0.717, 1.165) is 43.4 Å². The highest BCUT2D eigenvalue weighted by molar-refractivity contribution is 5.95. The Labute approximate surface area is 188 Å². The van der Waals surface area contributed by atoms with Gasteiger partial charge in [0.2, 0.25) is 0 Å². The first-order valence-corrected chi connectivity index (χ1v) is 10.5. The summed E-state index contributed by atoms with van der Waals surface area (Å²) in [5.74, 6) is 0.274. The zero-order chi connectivity index (χ0) is 22.8. The molecule has 1 aromatic carbocycles. The SMILES string of the molecule is COc1cncc2nc(-c3ccnc(Nc4cccc(F)c4F)c3)nc(N3CCNCC3)c12. The molecule has 33 heavy (non-hydrogen) atoms. The minimum absolute atomic E-state index is 0.00507. The van der Waals surface area contributed by atoms with Crippen LogP contribution in [0.3, 0.4) is 0 Å². The minimum Gasteiger partial charge on any atom is -0.494 e. The minimum atomic E-state index is -0.967. The van der Waals surface area contributed by atoms with Gasteiger partial charge in [-0.2, -0.15) is 0 Å². The number of benzene rings is 1. The quantitative estimate of drug-likeness (QED) is 0.479. The third kappa shape index (κ3) is 4.12. The van der Waals surface area contributed by atoms with Crippen LogP contribution < -0.4 is 20.3 Å². The van der Waals surface area contributed by atoms with Gasteiger partial charge >= 0.3 is 0 Å². The lowest BCUT2D eigenvalue weighted by Crippen LogP contribution is -2.44. The topological polar surface area (TPSA) is 88.1 Å². The smallest absolute Gasteiger partial charge is 0.182 e. The van der Waals surface area contributed by atoms with Gasteiger partial charge in [-0.25, -0.2) is 23.7 Å². The lowest BCUT2D eigenvalue weighted by atomic mass is 10.2. The standard InChI is InChI=1S/C23H21F2N7O/c1-33-18-13-27-12-17-20(18)23(32-9-7-26-8-10-32)31-22(30-17)14-5-6-28-19(11-14)29-16-4-2-3-15(24)21(16)25/h2-6,11-13,26H,7-10H2,1H3,(H,28,29). The fraction of sp³-hybridized carbons (Fsp3) is 0.217. The third-order valence-electron chi connectivity index (χ3n) is 5.42. The van der Waals surface area contributed by atoms with Gasteiger partial charge in [0.05, 0.1) is 36.1 Å². The summed E-state index contributed by atoms with van der Waals surface area (Å²) >= 11 is 0. The first-order chi connectivity index (χ1) is 16.1. The summed E-state index contributed by atoms with van der Waals surface area (Å²) in [5, 5.41) is 6.97. The van der Waals surface area contributed by atoms with E-state index in [1.165, 1.54) is 12.1 Å². The number of rotatable bonds is 5. The van der Waals surface area contributed by atoms with Crippen LogP contribution in [0.1, 0.15) is 0 Å². The van der Waals surface area contributed by atoms with Crippen LogP contribution in [0.4, 0.5) is 26.1 Å². The van der Waals surface area contributed by atoms with Crippen molar-refractivity contribution >= 4 is 28.2 Å². The normalized spacial score (nSPS) is 13.8. The highest BCUT2D eigenvalue weighted by Crippen LogP contribution is 2.34. The van der Waals surface area contributed by atoms with Gasteiger partial charge in [0.1, 0.15) is 17.4 Å². The molecule has 0 bridgehead atoms. The number of ether oxygens (including phenoxy) is 1. The molecule has 168 valence electrons. The van der Waals surface area contributed by atoms with Crippen molar-refractivity contribution in [1.82, 2.24) is 25.3 Å². The maximum absolute atomic E-state index is 14.1. The van der Waals surface area contributed by atoms with Crippen molar-refractivity contribution < 1.29 is 13.5 Å². The van der Waals surface area contributed by atoms with Gasteiger partial charge in [-0.15, -0.1) is 0 Å². The molecule has 2 N–H and O–H groups in total. The molecular formula is C23H21F2N7O. The van der Waals surface area contributed by atoms with Crippen molar-refractivity contribution in [3.05, 3.63) is 60.6 Å². The Morgan fingerprint density at radius 3 is 2.76 bits per heavy atom. The Hall–Kier alpha value is -3.92. The van der Waals surface area contributed by atoms with Crippen LogP contribution in [0.2, 0.25) is 0 Å². The molecule has 4 aromatic rings. The predicted molar refractivity (Wildman–Crippen MR) is 122 cm³/mol. The maximum atomic E-state index is 14.1. The number of methoxy groups -OCH3 is 1. The second-order valence-corrected chi connectivity index (χ2v) is 7.50. The molecule has 0 saturated carbocycles. The molecule has 5 rings (SSSR count). The Balaban J connectivity index is 1.59. The van der Waals surface area contributed by atoms with Gasteiger partial charge in [0.25, 0.3) is 0 Å². The Morgan fingerprint density at radius 2 is 1.94 bits per heavy atom. The summed E-state index contributed by atoms with van der Waals surface area (Å²) in [6.45, 7) is 3.27. The van der Waals surface area contributed by atoms with E-state index in [4.69, 9.17) is 14.7 Å². The zero-order valence-corrected chi connectivity index (χ0v) is 17.8. The molecule has 0 aliphatic carbocycles. The van der Waals surface area contributed by atoms with Crippen molar-refractivity contribution in [3.8, 4) is 17.1 Å². The number of nitrogens with one attached hydrogen (secondary N) is 2. The summed E-state index contributed by atoms with van der Waals surface area (Å²) in [6, 6.07) is 7.40. The molecule has 3 aromatic heterocycles. The zero-order valence-electron chi connectivity index (χ0n) is 17.8. The maximum Gasteiger partial charge on any atom is 0.182 e. The van der Waals surface area contributed by atoms with E-state index in [-0.39, 0.29) is 5.69 Å². The summed E-state index contributed by atoms with van der Waals surface area (Å²) in [5.41, 5.74) is 1.32. The molecule has 10 heteroatoms. The molecule has 4 heterocycles. The van der Waals surface area contributed by atoms with Gasteiger partial charge in [-0.3, -0.25) is 4.98 Å². The lowest BCUT2D eigenvalue weighted by Gasteiger charge is -2.29. The van der Waals surface area contributed by atoms with Gasteiger partial charge in [-0.1, -0.05) is 6.07 Å². The van der Waals surface area contributed by atoms with Crippen LogP contribution in [0.15, 0.2) is 48.9 Å². The number of nitrogens with zero attached hydrogens (tertiary/aromatic N) is 5. The van der Waals surface area contributed by atoms with E-state index in [1.807, 2.05) is 0 Å². The van der Waals surface area contributed by atoms with Gasteiger partial charge in [0, 0.05) is 37.9 Å². The van der Waals surface area contributed by atoms with Crippen LogP contribution in [0.5, 0.6) is 5.75 Å². The average Bonchev–Trinajstić information content (AvgIpc) is 2.86. The summed E-state index contributed by atoms with van der Waals surface area (Å²) in [6.07, 6.45) is 4.90. The molecule has 8 nitrogen and oxygen atoms in total. The largest absolute Gasteiger partial charge is 0.494 e. The van der Waals surface area contributed by atoms with Gasteiger partial charge in [-0.05, 0) is 24.3 Å². The van der Waals surface area contributed by atoms with Crippen LogP contribution in [-0.2, 0) is 0 Å². The van der Waals surface area contributed by atoms with Gasteiger partial charge < -0.3 is 20.3 Å². The summed E-state index contributed by atoms with van der Waals surface area (Å²) < 4.78 is 33.2.